The number of carbonyl (C=O) groups is 5. The number of carboxylic acid groups (broad SMARTS) is 2. The molecule has 0 radical (unpaired) electrons. The lowest BCUT2D eigenvalue weighted by molar-refractivity contribution is -0.147. The van der Waals surface area contributed by atoms with Crippen molar-refractivity contribution in [3.63, 3.8) is 0 Å². The van der Waals surface area contributed by atoms with Crippen molar-refractivity contribution in [3.05, 3.63) is 18.2 Å². The first kappa shape index (κ1) is 28.6. The first-order chi connectivity index (χ1) is 15.9. The zero-order chi connectivity index (χ0) is 26.0. The number of aromatic amines is 1. The van der Waals surface area contributed by atoms with Crippen LogP contribution in [0, 0.1) is 11.8 Å². The summed E-state index contributed by atoms with van der Waals surface area (Å²) in [4.78, 5) is 67.4. The highest BCUT2D eigenvalue weighted by Crippen LogP contribution is 2.09. The summed E-state index contributed by atoms with van der Waals surface area (Å²) in [5.74, 6) is -5.63. The highest BCUT2D eigenvalue weighted by molar-refractivity contribution is 5.94. The van der Waals surface area contributed by atoms with Gasteiger partial charge in [0.15, 0.2) is 0 Å². The number of imidazole rings is 1. The van der Waals surface area contributed by atoms with Gasteiger partial charge in [0.05, 0.1) is 18.8 Å². The van der Waals surface area contributed by atoms with Crippen LogP contribution >= 0.6 is 0 Å². The second-order valence-electron chi connectivity index (χ2n) is 8.48. The molecule has 0 aromatic carbocycles. The molecule has 13 nitrogen and oxygen atoms in total. The highest BCUT2D eigenvalue weighted by atomic mass is 16.4. The topological polar surface area (TPSA) is 217 Å². The van der Waals surface area contributed by atoms with Gasteiger partial charge in [0, 0.05) is 18.3 Å². The number of H-pyrrole nitrogens is 1. The number of aliphatic carboxylic acids is 2. The van der Waals surface area contributed by atoms with Gasteiger partial charge in [-0.3, -0.25) is 19.2 Å². The van der Waals surface area contributed by atoms with E-state index < -0.39 is 66.2 Å². The Morgan fingerprint density at radius 2 is 1.62 bits per heavy atom. The van der Waals surface area contributed by atoms with Gasteiger partial charge in [-0.2, -0.15) is 0 Å². The van der Waals surface area contributed by atoms with Gasteiger partial charge in [-0.15, -0.1) is 0 Å². The van der Waals surface area contributed by atoms with Gasteiger partial charge in [0.25, 0.3) is 0 Å². The third-order valence-electron chi connectivity index (χ3n) is 5.41. The van der Waals surface area contributed by atoms with E-state index in [1.54, 1.807) is 13.8 Å². The Hall–Kier alpha value is -3.48. The third kappa shape index (κ3) is 8.81. The van der Waals surface area contributed by atoms with Crippen LogP contribution in [0.3, 0.4) is 0 Å². The SMILES string of the molecule is CCC(C)C(N)C(=O)NC(Cc1cnc[nH]1)C(=O)NC(C(=O)NC(CC(=O)O)C(=O)O)C(C)C. The van der Waals surface area contributed by atoms with Crippen LogP contribution in [0.25, 0.3) is 0 Å². The van der Waals surface area contributed by atoms with Gasteiger partial charge in [0.1, 0.15) is 18.1 Å². The Bertz CT molecular complexity index is 858. The van der Waals surface area contributed by atoms with Gasteiger partial charge in [-0.05, 0) is 11.8 Å². The van der Waals surface area contributed by atoms with Crippen LogP contribution in [0.5, 0.6) is 0 Å². The van der Waals surface area contributed by atoms with Crippen molar-refractivity contribution < 1.29 is 34.2 Å². The van der Waals surface area contributed by atoms with E-state index in [2.05, 4.69) is 25.9 Å². The number of amides is 3. The molecule has 0 bridgehead atoms. The van der Waals surface area contributed by atoms with Gasteiger partial charge < -0.3 is 36.9 Å². The fourth-order valence-corrected chi connectivity index (χ4v) is 3.03. The average Bonchev–Trinajstić information content (AvgIpc) is 3.27. The lowest BCUT2D eigenvalue weighted by Crippen LogP contribution is -2.59. The molecule has 5 unspecified atom stereocenters. The molecule has 34 heavy (non-hydrogen) atoms. The molecule has 0 saturated carbocycles. The second kappa shape index (κ2) is 13.3. The predicted molar refractivity (Wildman–Crippen MR) is 120 cm³/mol. The van der Waals surface area contributed by atoms with Gasteiger partial charge in [-0.25, -0.2) is 9.78 Å². The van der Waals surface area contributed by atoms with Gasteiger partial charge in [-0.1, -0.05) is 34.1 Å². The largest absolute Gasteiger partial charge is 0.481 e. The second-order valence-corrected chi connectivity index (χ2v) is 8.48. The minimum absolute atomic E-state index is 0.0357. The zero-order valence-electron chi connectivity index (χ0n) is 19.7. The van der Waals surface area contributed by atoms with Crippen LogP contribution in [0.2, 0.25) is 0 Å². The standard InChI is InChI=1S/C21H34N6O7/c1-5-11(4)16(22)19(31)25-13(6-12-8-23-9-24-12)18(30)27-17(10(2)3)20(32)26-14(21(33)34)7-15(28)29/h8-11,13-14,16-17H,5-7,22H2,1-4H3,(H,23,24)(H,25,31)(H,26,32)(H,27,30)(H,28,29)(H,33,34). The molecule has 1 aromatic heterocycles. The summed E-state index contributed by atoms with van der Waals surface area (Å²) in [5, 5.41) is 25.4. The van der Waals surface area contributed by atoms with E-state index in [9.17, 15) is 29.1 Å². The average molecular weight is 483 g/mol. The zero-order valence-corrected chi connectivity index (χ0v) is 19.7. The fraction of sp³-hybridized carbons (Fsp3) is 0.619. The summed E-state index contributed by atoms with van der Waals surface area (Å²) in [5.41, 5.74) is 6.53. The number of nitrogens with one attached hydrogen (secondary N) is 4. The molecule has 13 heteroatoms. The molecule has 3 amide bonds. The molecule has 8 N–H and O–H groups in total. The first-order valence-corrected chi connectivity index (χ1v) is 11.0. The summed E-state index contributed by atoms with van der Waals surface area (Å²) in [6, 6.07) is -4.81. The van der Waals surface area contributed by atoms with Crippen LogP contribution in [-0.2, 0) is 30.4 Å². The molecule has 1 heterocycles. The summed E-state index contributed by atoms with van der Waals surface area (Å²) in [6.45, 7) is 6.94. The normalized spacial score (nSPS) is 15.5. The number of carboxylic acids is 2. The fourth-order valence-electron chi connectivity index (χ4n) is 3.03. The Morgan fingerprint density at radius 3 is 2.09 bits per heavy atom. The lowest BCUT2D eigenvalue weighted by Gasteiger charge is -2.27. The van der Waals surface area contributed by atoms with Crippen molar-refractivity contribution in [3.8, 4) is 0 Å². The maximum Gasteiger partial charge on any atom is 0.326 e. The van der Waals surface area contributed by atoms with Gasteiger partial charge in [0.2, 0.25) is 17.7 Å². The first-order valence-electron chi connectivity index (χ1n) is 11.0. The van der Waals surface area contributed by atoms with Crippen LogP contribution in [0.15, 0.2) is 12.5 Å². The molecule has 0 aliphatic rings. The Labute approximate surface area is 197 Å². The highest BCUT2D eigenvalue weighted by Gasteiger charge is 2.33. The van der Waals surface area contributed by atoms with Crippen molar-refractivity contribution in [2.24, 2.45) is 17.6 Å². The van der Waals surface area contributed by atoms with Crippen LogP contribution in [0.1, 0.15) is 46.2 Å². The maximum absolute atomic E-state index is 13.1. The number of carbonyl (C=O) groups excluding carboxylic acids is 3. The summed E-state index contributed by atoms with van der Waals surface area (Å²) in [7, 11) is 0. The molecule has 0 fully saturated rings. The predicted octanol–water partition coefficient (Wildman–Crippen LogP) is -1.00. The Kier molecular flexibility index (Phi) is 11.2. The minimum Gasteiger partial charge on any atom is -0.481 e. The molecular formula is C21H34N6O7. The number of nitrogens with two attached hydrogens (primary N) is 1. The minimum atomic E-state index is -1.67. The van der Waals surface area contributed by atoms with E-state index in [0.29, 0.717) is 12.1 Å². The summed E-state index contributed by atoms with van der Waals surface area (Å²) < 4.78 is 0. The van der Waals surface area contributed by atoms with E-state index >= 15 is 0 Å². The van der Waals surface area contributed by atoms with Crippen molar-refractivity contribution in [2.75, 3.05) is 0 Å². The molecule has 5 atom stereocenters. The molecule has 190 valence electrons. The lowest BCUT2D eigenvalue weighted by atomic mass is 9.98. The molecule has 0 aliphatic carbocycles. The van der Waals surface area contributed by atoms with E-state index in [1.165, 1.54) is 12.5 Å². The van der Waals surface area contributed by atoms with E-state index in [0.717, 1.165) is 0 Å². The number of aromatic nitrogens is 2. The van der Waals surface area contributed by atoms with Crippen LogP contribution in [0.4, 0.5) is 0 Å². The quantitative estimate of drug-likeness (QED) is 0.173. The molecule has 0 spiro atoms. The number of rotatable bonds is 14. The van der Waals surface area contributed by atoms with Crippen molar-refractivity contribution >= 4 is 29.7 Å². The maximum atomic E-state index is 13.1. The number of nitrogens with zero attached hydrogens (tertiary/aromatic N) is 1. The molecular weight excluding hydrogens is 448 g/mol. The van der Waals surface area contributed by atoms with Crippen LogP contribution < -0.4 is 21.7 Å². The molecule has 1 rings (SSSR count). The number of hydrogen-bond acceptors (Lipinski definition) is 7. The van der Waals surface area contributed by atoms with Gasteiger partial charge >= 0.3 is 11.9 Å². The Balaban J connectivity index is 3.04. The molecule has 1 aromatic rings. The molecule has 0 saturated heterocycles. The van der Waals surface area contributed by atoms with E-state index in [4.69, 9.17) is 10.8 Å². The third-order valence-corrected chi connectivity index (χ3v) is 5.41. The van der Waals surface area contributed by atoms with Crippen molar-refractivity contribution in [2.45, 2.75) is 71.1 Å². The van der Waals surface area contributed by atoms with Crippen molar-refractivity contribution in [1.82, 2.24) is 25.9 Å². The Morgan fingerprint density at radius 1 is 1.00 bits per heavy atom. The van der Waals surface area contributed by atoms with Crippen molar-refractivity contribution in [1.29, 1.82) is 0 Å². The molecule has 0 aliphatic heterocycles. The van der Waals surface area contributed by atoms with E-state index in [1.807, 2.05) is 13.8 Å². The summed E-state index contributed by atoms with van der Waals surface area (Å²) in [6.07, 6.45) is 2.76. The summed E-state index contributed by atoms with van der Waals surface area (Å²) >= 11 is 0. The van der Waals surface area contributed by atoms with E-state index in [-0.39, 0.29) is 12.3 Å². The number of hydrogen-bond donors (Lipinski definition) is 7. The smallest absolute Gasteiger partial charge is 0.326 e. The monoisotopic (exact) mass is 482 g/mol. The van der Waals surface area contributed by atoms with Crippen LogP contribution in [-0.4, -0.2) is 74.0 Å².